The van der Waals surface area contributed by atoms with Crippen LogP contribution in [0.25, 0.3) is 0 Å². The minimum Gasteiger partial charge on any atom is -0.207 e. The van der Waals surface area contributed by atoms with Gasteiger partial charge in [-0.15, -0.1) is 11.8 Å². The van der Waals surface area contributed by atoms with Crippen LogP contribution in [0.4, 0.5) is 4.39 Å². The van der Waals surface area contributed by atoms with Crippen molar-refractivity contribution in [3.05, 3.63) is 65.0 Å². The molecule has 2 aromatic rings. The molecule has 0 aliphatic carbocycles. The monoisotopic (exact) mass is 285 g/mol. The summed E-state index contributed by atoms with van der Waals surface area (Å²) in [7, 11) is 0. The molecule has 0 saturated heterocycles. The van der Waals surface area contributed by atoms with Crippen molar-refractivity contribution in [1.29, 1.82) is 5.26 Å². The van der Waals surface area contributed by atoms with Gasteiger partial charge < -0.3 is 0 Å². The highest BCUT2D eigenvalue weighted by atomic mass is 32.2. The first kappa shape index (κ1) is 14.6. The van der Waals surface area contributed by atoms with E-state index in [0.717, 1.165) is 10.5 Å². The molecular formula is C17H16FNS. The minimum atomic E-state index is -0.297. The molecule has 0 amide bonds. The zero-order valence-corrected chi connectivity index (χ0v) is 12.4. The summed E-state index contributed by atoms with van der Waals surface area (Å²) in [5, 5.41) is 9.02. The predicted molar refractivity (Wildman–Crippen MR) is 81.2 cm³/mol. The van der Waals surface area contributed by atoms with Crippen LogP contribution >= 0.6 is 11.8 Å². The van der Waals surface area contributed by atoms with E-state index in [1.165, 1.54) is 23.8 Å². The molecule has 0 radical (unpaired) electrons. The van der Waals surface area contributed by atoms with E-state index in [1.807, 2.05) is 0 Å². The van der Waals surface area contributed by atoms with Crippen LogP contribution in [0.15, 0.2) is 47.4 Å². The van der Waals surface area contributed by atoms with Crippen LogP contribution in [0.2, 0.25) is 0 Å². The van der Waals surface area contributed by atoms with Crippen molar-refractivity contribution in [3.63, 3.8) is 0 Å². The number of halogens is 1. The molecule has 0 aromatic heterocycles. The number of benzene rings is 2. The fraction of sp³-hybridized carbons (Fsp3) is 0.235. The molecular weight excluding hydrogens is 269 g/mol. The van der Waals surface area contributed by atoms with E-state index in [4.69, 9.17) is 5.26 Å². The van der Waals surface area contributed by atoms with Crippen LogP contribution < -0.4 is 0 Å². The minimum absolute atomic E-state index is 0.297. The number of thioether (sulfide) groups is 1. The van der Waals surface area contributed by atoms with Gasteiger partial charge in [-0.05, 0) is 47.4 Å². The van der Waals surface area contributed by atoms with E-state index in [2.05, 4.69) is 44.2 Å². The Morgan fingerprint density at radius 1 is 1.15 bits per heavy atom. The molecule has 0 aliphatic rings. The third-order valence-electron chi connectivity index (χ3n) is 3.13. The maximum Gasteiger partial charge on any atom is 0.123 e. The van der Waals surface area contributed by atoms with Crippen LogP contribution in [-0.2, 0) is 5.75 Å². The average Bonchev–Trinajstić information content (AvgIpc) is 2.45. The molecule has 0 spiro atoms. The zero-order valence-electron chi connectivity index (χ0n) is 11.6. The van der Waals surface area contributed by atoms with Crippen molar-refractivity contribution in [1.82, 2.24) is 0 Å². The van der Waals surface area contributed by atoms with Gasteiger partial charge in [-0.1, -0.05) is 26.0 Å². The lowest BCUT2D eigenvalue weighted by molar-refractivity contribution is 0.626. The van der Waals surface area contributed by atoms with Gasteiger partial charge in [0, 0.05) is 10.6 Å². The molecule has 0 aliphatic heterocycles. The van der Waals surface area contributed by atoms with E-state index >= 15 is 0 Å². The Hall–Kier alpha value is -1.79. The van der Waals surface area contributed by atoms with Crippen LogP contribution in [0.5, 0.6) is 0 Å². The lowest BCUT2D eigenvalue weighted by Gasteiger charge is -2.07. The molecule has 1 nitrogen and oxygen atoms in total. The first-order chi connectivity index (χ1) is 9.60. The van der Waals surface area contributed by atoms with Crippen molar-refractivity contribution in [2.75, 3.05) is 0 Å². The summed E-state index contributed by atoms with van der Waals surface area (Å²) >= 11 is 1.61. The van der Waals surface area contributed by atoms with Crippen molar-refractivity contribution in [2.45, 2.75) is 30.4 Å². The lowest BCUT2D eigenvalue weighted by Crippen LogP contribution is -1.90. The fourth-order valence-corrected chi connectivity index (χ4v) is 2.79. The maximum absolute atomic E-state index is 13.2. The molecule has 0 bridgehead atoms. The topological polar surface area (TPSA) is 23.8 Å². The van der Waals surface area contributed by atoms with E-state index in [9.17, 15) is 4.39 Å². The van der Waals surface area contributed by atoms with E-state index in [-0.39, 0.29) is 5.82 Å². The van der Waals surface area contributed by atoms with Crippen molar-refractivity contribution in [2.24, 2.45) is 0 Å². The Kier molecular flexibility index (Phi) is 4.81. The Balaban J connectivity index is 2.09. The molecule has 0 fully saturated rings. The third-order valence-corrected chi connectivity index (χ3v) is 4.19. The van der Waals surface area contributed by atoms with Crippen LogP contribution in [-0.4, -0.2) is 0 Å². The Labute approximate surface area is 123 Å². The first-order valence-electron chi connectivity index (χ1n) is 6.51. The predicted octanol–water partition coefficient (Wildman–Crippen LogP) is 5.11. The highest BCUT2D eigenvalue weighted by Crippen LogP contribution is 2.26. The van der Waals surface area contributed by atoms with Gasteiger partial charge in [0.25, 0.3) is 0 Å². The number of rotatable bonds is 4. The number of hydrogen-bond acceptors (Lipinski definition) is 2. The summed E-state index contributed by atoms with van der Waals surface area (Å²) in [4.78, 5) is 1.13. The van der Waals surface area contributed by atoms with E-state index < -0.39 is 0 Å². The molecule has 3 heteroatoms. The summed E-state index contributed by atoms with van der Waals surface area (Å²) in [5.74, 6) is 0.819. The normalized spacial score (nSPS) is 10.6. The van der Waals surface area contributed by atoms with Crippen molar-refractivity contribution in [3.8, 4) is 6.07 Å². The van der Waals surface area contributed by atoms with Gasteiger partial charge in [0.1, 0.15) is 5.82 Å². The fourth-order valence-electron chi connectivity index (χ4n) is 1.90. The maximum atomic E-state index is 13.2. The molecule has 0 unspecified atom stereocenters. The van der Waals surface area contributed by atoms with Crippen LogP contribution in [0.3, 0.4) is 0 Å². The molecule has 0 heterocycles. The van der Waals surface area contributed by atoms with Crippen LogP contribution in [0, 0.1) is 17.1 Å². The summed E-state index contributed by atoms with van der Waals surface area (Å²) in [6, 6.07) is 14.8. The molecule has 2 aromatic carbocycles. The Morgan fingerprint density at radius 3 is 2.45 bits per heavy atom. The van der Waals surface area contributed by atoms with Gasteiger partial charge in [-0.25, -0.2) is 4.39 Å². The van der Waals surface area contributed by atoms with Crippen LogP contribution in [0.1, 0.15) is 36.5 Å². The number of nitriles is 1. The highest BCUT2D eigenvalue weighted by Gasteiger charge is 2.05. The summed E-state index contributed by atoms with van der Waals surface area (Å²) < 4.78 is 13.2. The average molecular weight is 285 g/mol. The molecule has 0 saturated carbocycles. The van der Waals surface area contributed by atoms with Gasteiger partial charge in [-0.3, -0.25) is 0 Å². The second kappa shape index (κ2) is 6.58. The zero-order chi connectivity index (χ0) is 14.5. The molecule has 20 heavy (non-hydrogen) atoms. The van der Waals surface area contributed by atoms with Gasteiger partial charge in [0.15, 0.2) is 0 Å². The standard InChI is InChI=1S/C17H16FNS/c1-12(2)13-4-7-17(8-5-13)20-11-15-9-16(18)6-3-14(15)10-19/h3-9,12H,11H2,1-2H3. The Bertz CT molecular complexity index is 626. The second-order valence-electron chi connectivity index (χ2n) is 4.93. The SMILES string of the molecule is CC(C)c1ccc(SCc2cc(F)ccc2C#N)cc1. The number of nitrogens with zero attached hydrogens (tertiary/aromatic N) is 1. The third kappa shape index (κ3) is 3.61. The molecule has 102 valence electrons. The Morgan fingerprint density at radius 2 is 1.85 bits per heavy atom. The smallest absolute Gasteiger partial charge is 0.123 e. The van der Waals surface area contributed by atoms with Crippen molar-refractivity contribution < 1.29 is 4.39 Å². The van der Waals surface area contributed by atoms with Gasteiger partial charge in [0.05, 0.1) is 11.6 Å². The summed E-state index contributed by atoms with van der Waals surface area (Å²) in [6.07, 6.45) is 0. The summed E-state index contributed by atoms with van der Waals surface area (Å²) in [5.41, 5.74) is 2.58. The van der Waals surface area contributed by atoms with Gasteiger partial charge in [0.2, 0.25) is 0 Å². The summed E-state index contributed by atoms with van der Waals surface area (Å²) in [6.45, 7) is 4.32. The largest absolute Gasteiger partial charge is 0.207 e. The van der Waals surface area contributed by atoms with E-state index in [1.54, 1.807) is 11.8 Å². The van der Waals surface area contributed by atoms with Gasteiger partial charge in [-0.2, -0.15) is 5.26 Å². The van der Waals surface area contributed by atoms with Crippen molar-refractivity contribution >= 4 is 11.8 Å². The lowest BCUT2D eigenvalue weighted by atomic mass is 10.0. The quantitative estimate of drug-likeness (QED) is 0.729. The molecule has 0 atom stereocenters. The second-order valence-corrected chi connectivity index (χ2v) is 5.97. The van der Waals surface area contributed by atoms with Gasteiger partial charge >= 0.3 is 0 Å². The highest BCUT2D eigenvalue weighted by molar-refractivity contribution is 7.98. The first-order valence-corrected chi connectivity index (χ1v) is 7.50. The molecule has 2 rings (SSSR count). The molecule has 0 N–H and O–H groups in total. The number of hydrogen-bond donors (Lipinski definition) is 0. The van der Waals surface area contributed by atoms with E-state index in [0.29, 0.717) is 17.2 Å².